The van der Waals surface area contributed by atoms with E-state index in [0.717, 1.165) is 10.4 Å². The zero-order valence-corrected chi connectivity index (χ0v) is 10.2. The van der Waals surface area contributed by atoms with Crippen molar-refractivity contribution in [3.05, 3.63) is 34.3 Å². The minimum absolute atomic E-state index is 0.117. The number of aryl methyl sites for hydroxylation is 1. The Morgan fingerprint density at radius 3 is 2.71 bits per heavy atom. The summed E-state index contributed by atoms with van der Waals surface area (Å²) in [4.78, 5) is 16.4. The molecular weight excluding hydrogens is 236 g/mol. The number of carbonyl (C=O) groups is 1. The van der Waals surface area contributed by atoms with Crippen LogP contribution in [0.25, 0.3) is 0 Å². The van der Waals surface area contributed by atoms with Gasteiger partial charge in [-0.25, -0.2) is 0 Å². The van der Waals surface area contributed by atoms with E-state index in [4.69, 9.17) is 0 Å². The highest BCUT2D eigenvalue weighted by Gasteiger charge is 2.33. The molecule has 0 aliphatic carbocycles. The SMILES string of the molecule is Cc1csc(C(=O)N2CC(n3nccn3)C2)c1. The Balaban J connectivity index is 1.64. The van der Waals surface area contributed by atoms with Gasteiger partial charge in [-0.2, -0.15) is 15.0 Å². The van der Waals surface area contributed by atoms with Crippen molar-refractivity contribution in [1.29, 1.82) is 0 Å². The normalized spacial score (nSPS) is 15.9. The molecule has 0 spiro atoms. The summed E-state index contributed by atoms with van der Waals surface area (Å²) in [5, 5.41) is 10.2. The molecular formula is C11H12N4OS. The highest BCUT2D eigenvalue weighted by Crippen LogP contribution is 2.24. The van der Waals surface area contributed by atoms with Crippen LogP contribution in [0.1, 0.15) is 21.3 Å². The van der Waals surface area contributed by atoms with Crippen LogP contribution in [0.4, 0.5) is 0 Å². The second-order valence-corrected chi connectivity index (χ2v) is 5.11. The predicted molar refractivity (Wildman–Crippen MR) is 64.0 cm³/mol. The lowest BCUT2D eigenvalue weighted by Crippen LogP contribution is -2.51. The molecule has 5 nitrogen and oxygen atoms in total. The zero-order valence-electron chi connectivity index (χ0n) is 9.41. The average molecular weight is 248 g/mol. The molecule has 1 aliphatic rings. The van der Waals surface area contributed by atoms with Crippen LogP contribution in [0.3, 0.4) is 0 Å². The molecule has 1 fully saturated rings. The van der Waals surface area contributed by atoms with E-state index in [0.29, 0.717) is 13.1 Å². The van der Waals surface area contributed by atoms with Crippen molar-refractivity contribution in [2.24, 2.45) is 0 Å². The van der Waals surface area contributed by atoms with Crippen LogP contribution in [0.2, 0.25) is 0 Å². The van der Waals surface area contributed by atoms with Gasteiger partial charge < -0.3 is 4.90 Å². The van der Waals surface area contributed by atoms with Crippen molar-refractivity contribution in [3.8, 4) is 0 Å². The summed E-state index contributed by atoms with van der Waals surface area (Å²) in [5.74, 6) is 0.117. The first kappa shape index (κ1) is 10.5. The molecule has 2 aromatic rings. The van der Waals surface area contributed by atoms with Crippen LogP contribution in [0, 0.1) is 6.92 Å². The number of likely N-dealkylation sites (tertiary alicyclic amines) is 1. The summed E-state index contributed by atoms with van der Waals surface area (Å²) < 4.78 is 0. The maximum Gasteiger partial charge on any atom is 0.264 e. The maximum atomic E-state index is 12.0. The van der Waals surface area contributed by atoms with Crippen molar-refractivity contribution in [1.82, 2.24) is 19.9 Å². The monoisotopic (exact) mass is 248 g/mol. The van der Waals surface area contributed by atoms with Gasteiger partial charge in [0, 0.05) is 13.1 Å². The first-order valence-electron chi connectivity index (χ1n) is 5.44. The minimum Gasteiger partial charge on any atom is -0.333 e. The molecule has 17 heavy (non-hydrogen) atoms. The molecule has 1 aliphatic heterocycles. The van der Waals surface area contributed by atoms with Gasteiger partial charge in [0.05, 0.1) is 17.3 Å². The van der Waals surface area contributed by atoms with E-state index >= 15 is 0 Å². The second-order valence-electron chi connectivity index (χ2n) is 4.20. The maximum absolute atomic E-state index is 12.0. The summed E-state index contributed by atoms with van der Waals surface area (Å²) in [7, 11) is 0. The molecule has 0 atom stereocenters. The number of hydrogen-bond donors (Lipinski definition) is 0. The zero-order chi connectivity index (χ0) is 11.8. The third-order valence-electron chi connectivity index (χ3n) is 2.85. The van der Waals surface area contributed by atoms with E-state index in [-0.39, 0.29) is 11.9 Å². The highest BCUT2D eigenvalue weighted by molar-refractivity contribution is 7.12. The largest absolute Gasteiger partial charge is 0.333 e. The Morgan fingerprint density at radius 2 is 2.12 bits per heavy atom. The molecule has 0 unspecified atom stereocenters. The van der Waals surface area contributed by atoms with Crippen molar-refractivity contribution in [3.63, 3.8) is 0 Å². The third-order valence-corrected chi connectivity index (χ3v) is 3.89. The Morgan fingerprint density at radius 1 is 1.41 bits per heavy atom. The summed E-state index contributed by atoms with van der Waals surface area (Å²) >= 11 is 1.50. The van der Waals surface area contributed by atoms with Crippen LogP contribution < -0.4 is 0 Å². The molecule has 0 N–H and O–H groups in total. The molecule has 0 bridgehead atoms. The summed E-state index contributed by atoms with van der Waals surface area (Å²) in [5.41, 5.74) is 1.14. The topological polar surface area (TPSA) is 51.0 Å². The number of hydrogen-bond acceptors (Lipinski definition) is 4. The molecule has 88 valence electrons. The fraction of sp³-hybridized carbons (Fsp3) is 0.364. The molecule has 3 rings (SSSR count). The summed E-state index contributed by atoms with van der Waals surface area (Å²) in [6.45, 7) is 3.40. The molecule has 0 radical (unpaired) electrons. The molecule has 1 saturated heterocycles. The Kier molecular flexibility index (Phi) is 2.44. The average Bonchev–Trinajstić information content (AvgIpc) is 2.86. The Hall–Kier alpha value is -1.69. The number of carbonyl (C=O) groups excluding carboxylic acids is 1. The van der Waals surface area contributed by atoms with Crippen molar-refractivity contribution in [2.75, 3.05) is 13.1 Å². The quantitative estimate of drug-likeness (QED) is 0.806. The second kappa shape index (κ2) is 3.96. The summed E-state index contributed by atoms with van der Waals surface area (Å²) in [6, 6.07) is 2.17. The van der Waals surface area contributed by atoms with E-state index in [2.05, 4.69) is 10.2 Å². The van der Waals surface area contributed by atoms with Crippen LogP contribution in [0.15, 0.2) is 23.8 Å². The van der Waals surface area contributed by atoms with Gasteiger partial charge in [-0.05, 0) is 23.9 Å². The van der Waals surface area contributed by atoms with Gasteiger partial charge in [-0.1, -0.05) is 0 Å². The lowest BCUT2D eigenvalue weighted by atomic mass is 10.1. The fourth-order valence-corrected chi connectivity index (χ4v) is 2.75. The van der Waals surface area contributed by atoms with E-state index in [1.165, 1.54) is 11.3 Å². The third kappa shape index (κ3) is 1.84. The first-order valence-corrected chi connectivity index (χ1v) is 6.32. The molecule has 0 saturated carbocycles. The number of rotatable bonds is 2. The summed E-state index contributed by atoms with van der Waals surface area (Å²) in [6.07, 6.45) is 3.32. The molecule has 1 amide bonds. The number of aromatic nitrogens is 3. The van der Waals surface area contributed by atoms with Gasteiger partial charge in [0.1, 0.15) is 6.04 Å². The predicted octanol–water partition coefficient (Wildman–Crippen LogP) is 1.35. The van der Waals surface area contributed by atoms with Gasteiger partial charge in [0.15, 0.2) is 0 Å². The van der Waals surface area contributed by atoms with E-state index in [1.54, 1.807) is 17.2 Å². The fourth-order valence-electron chi connectivity index (χ4n) is 1.88. The van der Waals surface area contributed by atoms with Gasteiger partial charge >= 0.3 is 0 Å². The first-order chi connectivity index (χ1) is 8.24. The Labute approximate surface area is 103 Å². The molecule has 3 heterocycles. The van der Waals surface area contributed by atoms with Crippen LogP contribution in [0.5, 0.6) is 0 Å². The molecule has 0 aromatic carbocycles. The smallest absolute Gasteiger partial charge is 0.264 e. The van der Waals surface area contributed by atoms with Crippen molar-refractivity contribution in [2.45, 2.75) is 13.0 Å². The number of amides is 1. The van der Waals surface area contributed by atoms with E-state index < -0.39 is 0 Å². The van der Waals surface area contributed by atoms with Gasteiger partial charge in [0.2, 0.25) is 0 Å². The van der Waals surface area contributed by atoms with Crippen molar-refractivity contribution < 1.29 is 4.79 Å². The van der Waals surface area contributed by atoms with Gasteiger partial charge in [-0.15, -0.1) is 11.3 Å². The lowest BCUT2D eigenvalue weighted by molar-refractivity contribution is 0.0481. The lowest BCUT2D eigenvalue weighted by Gasteiger charge is -2.37. The van der Waals surface area contributed by atoms with Crippen LogP contribution >= 0.6 is 11.3 Å². The standard InChI is InChI=1S/C11H12N4OS/c1-8-4-10(17-7-8)11(16)14-5-9(6-14)15-12-2-3-13-15/h2-4,7,9H,5-6H2,1H3. The molecule has 6 heteroatoms. The number of nitrogens with zero attached hydrogens (tertiary/aromatic N) is 4. The van der Waals surface area contributed by atoms with Crippen LogP contribution in [-0.4, -0.2) is 38.9 Å². The van der Waals surface area contributed by atoms with Gasteiger partial charge in [-0.3, -0.25) is 4.79 Å². The van der Waals surface area contributed by atoms with Crippen molar-refractivity contribution >= 4 is 17.2 Å². The minimum atomic E-state index is 0.117. The highest BCUT2D eigenvalue weighted by atomic mass is 32.1. The van der Waals surface area contributed by atoms with Gasteiger partial charge in [0.25, 0.3) is 5.91 Å². The molecule has 2 aromatic heterocycles. The number of thiophene rings is 1. The van der Waals surface area contributed by atoms with E-state index in [1.807, 2.05) is 23.3 Å². The Bertz CT molecular complexity index is 527. The van der Waals surface area contributed by atoms with E-state index in [9.17, 15) is 4.79 Å². The van der Waals surface area contributed by atoms with Crippen LogP contribution in [-0.2, 0) is 0 Å².